The van der Waals surface area contributed by atoms with Gasteiger partial charge in [0.05, 0.1) is 12.7 Å². The Balaban J connectivity index is 2.38. The average molecular weight is 197 g/mol. The van der Waals surface area contributed by atoms with Gasteiger partial charge < -0.3 is 9.47 Å². The Morgan fingerprint density at radius 1 is 1.79 bits per heavy atom. The fourth-order valence-electron chi connectivity index (χ4n) is 1.55. The lowest BCUT2D eigenvalue weighted by Crippen LogP contribution is -2.19. The summed E-state index contributed by atoms with van der Waals surface area (Å²) in [7, 11) is 0. The highest BCUT2D eigenvalue weighted by Crippen LogP contribution is 2.21. The summed E-state index contributed by atoms with van der Waals surface area (Å²) in [5, 5.41) is 8.79. The van der Waals surface area contributed by atoms with Crippen molar-refractivity contribution < 1.29 is 14.3 Å². The molecule has 1 rings (SSSR count). The molecule has 1 aliphatic rings. The van der Waals surface area contributed by atoms with Gasteiger partial charge in [0.25, 0.3) is 0 Å². The number of ether oxygens (including phenoxy) is 2. The number of rotatable bonds is 4. The normalized spacial score (nSPS) is 22.7. The average Bonchev–Trinajstić information content (AvgIpc) is 2.66. The van der Waals surface area contributed by atoms with Crippen LogP contribution >= 0.6 is 0 Å². The van der Waals surface area contributed by atoms with Crippen molar-refractivity contribution in [1.82, 2.24) is 0 Å². The van der Waals surface area contributed by atoms with E-state index < -0.39 is 11.9 Å². The van der Waals surface area contributed by atoms with Gasteiger partial charge in [0.15, 0.2) is 0 Å². The number of nitrogens with zero attached hydrogens (tertiary/aromatic N) is 1. The van der Waals surface area contributed by atoms with Crippen LogP contribution in [-0.4, -0.2) is 25.8 Å². The second kappa shape index (κ2) is 5.61. The van der Waals surface area contributed by atoms with E-state index in [9.17, 15) is 4.79 Å². The summed E-state index contributed by atoms with van der Waals surface area (Å²) in [6.07, 6.45) is 1.51. The molecule has 0 aliphatic carbocycles. The predicted octanol–water partition coefficient (Wildman–Crippen LogP) is 1.12. The first-order valence-electron chi connectivity index (χ1n) is 4.92. The van der Waals surface area contributed by atoms with Crippen LogP contribution in [0.5, 0.6) is 0 Å². The van der Waals surface area contributed by atoms with E-state index in [1.807, 2.05) is 6.07 Å². The van der Waals surface area contributed by atoms with Gasteiger partial charge in [0.1, 0.15) is 5.92 Å². The molecule has 14 heavy (non-hydrogen) atoms. The van der Waals surface area contributed by atoms with Crippen LogP contribution in [0, 0.1) is 23.2 Å². The van der Waals surface area contributed by atoms with Gasteiger partial charge in [0, 0.05) is 13.2 Å². The largest absolute Gasteiger partial charge is 0.465 e. The molecule has 78 valence electrons. The van der Waals surface area contributed by atoms with E-state index >= 15 is 0 Å². The highest BCUT2D eigenvalue weighted by molar-refractivity contribution is 5.75. The van der Waals surface area contributed by atoms with Gasteiger partial charge in [-0.2, -0.15) is 5.26 Å². The second-order valence-electron chi connectivity index (χ2n) is 3.40. The van der Waals surface area contributed by atoms with E-state index in [-0.39, 0.29) is 0 Å². The summed E-state index contributed by atoms with van der Waals surface area (Å²) in [5.41, 5.74) is 0. The Morgan fingerprint density at radius 2 is 2.57 bits per heavy atom. The summed E-state index contributed by atoms with van der Waals surface area (Å²) in [6.45, 7) is 3.48. The Labute approximate surface area is 83.8 Å². The minimum absolute atomic E-state index is 0.332. The molecule has 0 bridgehead atoms. The molecule has 1 saturated heterocycles. The van der Waals surface area contributed by atoms with Crippen LogP contribution in [0.1, 0.15) is 19.8 Å². The molecule has 0 spiro atoms. The first-order chi connectivity index (χ1) is 6.77. The first-order valence-corrected chi connectivity index (χ1v) is 4.92. The summed E-state index contributed by atoms with van der Waals surface area (Å²) < 4.78 is 9.98. The minimum atomic E-state index is -0.623. The van der Waals surface area contributed by atoms with E-state index in [1.54, 1.807) is 6.92 Å². The van der Waals surface area contributed by atoms with E-state index in [2.05, 4.69) is 0 Å². The van der Waals surface area contributed by atoms with Crippen molar-refractivity contribution in [3.63, 3.8) is 0 Å². The topological polar surface area (TPSA) is 59.3 Å². The highest BCUT2D eigenvalue weighted by atomic mass is 16.5. The minimum Gasteiger partial charge on any atom is -0.465 e. The van der Waals surface area contributed by atoms with Crippen molar-refractivity contribution in [2.75, 3.05) is 19.8 Å². The standard InChI is InChI=1S/C10H15NO3/c1-2-14-10(12)9(6-11)5-8-3-4-13-7-8/h8-9H,2-5,7H2,1H3. The van der Waals surface area contributed by atoms with Gasteiger partial charge in [-0.3, -0.25) is 4.79 Å². The van der Waals surface area contributed by atoms with E-state index in [0.29, 0.717) is 25.6 Å². The van der Waals surface area contributed by atoms with Crippen LogP contribution in [0.25, 0.3) is 0 Å². The van der Waals surface area contributed by atoms with E-state index in [1.165, 1.54) is 0 Å². The molecule has 0 saturated carbocycles. The second-order valence-corrected chi connectivity index (χ2v) is 3.40. The molecule has 0 N–H and O–H groups in total. The number of hydrogen-bond acceptors (Lipinski definition) is 4. The zero-order chi connectivity index (χ0) is 10.4. The molecular formula is C10H15NO3. The fourth-order valence-corrected chi connectivity index (χ4v) is 1.55. The molecule has 4 nitrogen and oxygen atoms in total. The molecule has 0 radical (unpaired) electrons. The van der Waals surface area contributed by atoms with Crippen LogP contribution in [0.4, 0.5) is 0 Å². The van der Waals surface area contributed by atoms with Gasteiger partial charge >= 0.3 is 5.97 Å². The van der Waals surface area contributed by atoms with Gasteiger partial charge in [-0.05, 0) is 25.7 Å². The van der Waals surface area contributed by atoms with Crippen molar-refractivity contribution >= 4 is 5.97 Å². The Morgan fingerprint density at radius 3 is 3.07 bits per heavy atom. The quantitative estimate of drug-likeness (QED) is 0.633. The molecule has 1 aliphatic heterocycles. The summed E-state index contributed by atoms with van der Waals surface area (Å²) in [4.78, 5) is 11.3. The van der Waals surface area contributed by atoms with Crippen LogP contribution < -0.4 is 0 Å². The molecule has 1 heterocycles. The SMILES string of the molecule is CCOC(=O)C(C#N)CC1CCOC1. The number of carbonyl (C=O) groups excluding carboxylic acids is 1. The fraction of sp³-hybridized carbons (Fsp3) is 0.800. The van der Waals surface area contributed by atoms with E-state index in [0.717, 1.165) is 13.0 Å². The number of carbonyl (C=O) groups is 1. The lowest BCUT2D eigenvalue weighted by molar-refractivity contribution is -0.146. The predicted molar refractivity (Wildman–Crippen MR) is 49.3 cm³/mol. The summed E-state index contributed by atoms with van der Waals surface area (Å²) in [5.74, 6) is -0.687. The Kier molecular flexibility index (Phi) is 4.41. The number of nitriles is 1. The maximum absolute atomic E-state index is 11.3. The Hall–Kier alpha value is -1.08. The van der Waals surface area contributed by atoms with Gasteiger partial charge in [0.2, 0.25) is 0 Å². The molecule has 0 amide bonds. The maximum Gasteiger partial charge on any atom is 0.323 e. The van der Waals surface area contributed by atoms with Crippen molar-refractivity contribution in [3.8, 4) is 6.07 Å². The van der Waals surface area contributed by atoms with Crippen molar-refractivity contribution in [3.05, 3.63) is 0 Å². The molecule has 1 fully saturated rings. The van der Waals surface area contributed by atoms with E-state index in [4.69, 9.17) is 14.7 Å². The highest BCUT2D eigenvalue weighted by Gasteiger charge is 2.26. The van der Waals surface area contributed by atoms with Gasteiger partial charge in [-0.15, -0.1) is 0 Å². The van der Waals surface area contributed by atoms with Crippen molar-refractivity contribution in [2.45, 2.75) is 19.8 Å². The number of esters is 1. The van der Waals surface area contributed by atoms with Crippen LogP contribution in [-0.2, 0) is 14.3 Å². The third-order valence-electron chi connectivity index (χ3n) is 2.32. The summed E-state index contributed by atoms with van der Waals surface area (Å²) >= 11 is 0. The lowest BCUT2D eigenvalue weighted by Gasteiger charge is -2.11. The van der Waals surface area contributed by atoms with Crippen LogP contribution in [0.3, 0.4) is 0 Å². The molecule has 4 heteroatoms. The Bertz CT molecular complexity index is 228. The monoisotopic (exact) mass is 197 g/mol. The molecule has 0 aromatic rings. The lowest BCUT2D eigenvalue weighted by atomic mass is 9.95. The molecule has 0 aromatic heterocycles. The zero-order valence-corrected chi connectivity index (χ0v) is 8.36. The molecule has 2 unspecified atom stereocenters. The molecule has 0 aromatic carbocycles. The van der Waals surface area contributed by atoms with Crippen LogP contribution in [0.15, 0.2) is 0 Å². The van der Waals surface area contributed by atoms with Gasteiger partial charge in [-0.1, -0.05) is 0 Å². The number of hydrogen-bond donors (Lipinski definition) is 0. The van der Waals surface area contributed by atoms with Crippen molar-refractivity contribution in [2.24, 2.45) is 11.8 Å². The van der Waals surface area contributed by atoms with Crippen LogP contribution in [0.2, 0.25) is 0 Å². The molecule has 2 atom stereocenters. The summed E-state index contributed by atoms with van der Waals surface area (Å²) in [6, 6.07) is 1.98. The first kappa shape index (κ1) is 11.0. The smallest absolute Gasteiger partial charge is 0.323 e. The zero-order valence-electron chi connectivity index (χ0n) is 8.36. The third kappa shape index (κ3) is 3.00. The molecular weight excluding hydrogens is 182 g/mol. The maximum atomic E-state index is 11.3. The third-order valence-corrected chi connectivity index (χ3v) is 2.32. The van der Waals surface area contributed by atoms with Gasteiger partial charge in [-0.25, -0.2) is 0 Å². The van der Waals surface area contributed by atoms with Crippen molar-refractivity contribution in [1.29, 1.82) is 5.26 Å².